The molecule has 1 saturated carbocycles. The van der Waals surface area contributed by atoms with E-state index in [1.165, 1.54) is 5.56 Å². The summed E-state index contributed by atoms with van der Waals surface area (Å²) in [7, 11) is 0. The van der Waals surface area contributed by atoms with Gasteiger partial charge in [-0.15, -0.1) is 0 Å². The maximum absolute atomic E-state index is 10.8. The molecule has 4 nitrogen and oxygen atoms in total. The Morgan fingerprint density at radius 3 is 3.00 bits per heavy atom. The SMILES string of the molecule is Cc1ccncc1CNC1CCC1C(=O)O. The van der Waals surface area contributed by atoms with Crippen LogP contribution in [0, 0.1) is 12.8 Å². The lowest BCUT2D eigenvalue weighted by Gasteiger charge is -2.34. The van der Waals surface area contributed by atoms with E-state index in [0.29, 0.717) is 6.54 Å². The van der Waals surface area contributed by atoms with Crippen LogP contribution in [0.3, 0.4) is 0 Å². The van der Waals surface area contributed by atoms with Crippen molar-refractivity contribution in [3.63, 3.8) is 0 Å². The Labute approximate surface area is 94.7 Å². The summed E-state index contributed by atoms with van der Waals surface area (Å²) in [6, 6.07) is 2.09. The lowest BCUT2D eigenvalue weighted by molar-refractivity contribution is -0.146. The van der Waals surface area contributed by atoms with Crippen molar-refractivity contribution in [3.05, 3.63) is 29.6 Å². The Bertz CT molecular complexity index is 392. The number of nitrogens with zero attached hydrogens (tertiary/aromatic N) is 1. The molecule has 2 atom stereocenters. The van der Waals surface area contributed by atoms with E-state index in [4.69, 9.17) is 5.11 Å². The van der Waals surface area contributed by atoms with Gasteiger partial charge in [-0.25, -0.2) is 0 Å². The maximum atomic E-state index is 10.8. The molecule has 86 valence electrons. The number of nitrogens with one attached hydrogen (secondary N) is 1. The Balaban J connectivity index is 1.89. The summed E-state index contributed by atoms with van der Waals surface area (Å²) in [5.41, 5.74) is 2.33. The van der Waals surface area contributed by atoms with Crippen LogP contribution in [0.2, 0.25) is 0 Å². The maximum Gasteiger partial charge on any atom is 0.308 e. The van der Waals surface area contributed by atoms with Crippen LogP contribution in [0.15, 0.2) is 18.5 Å². The molecule has 0 aliphatic heterocycles. The summed E-state index contributed by atoms with van der Waals surface area (Å²) in [6.07, 6.45) is 5.34. The molecular weight excluding hydrogens is 204 g/mol. The van der Waals surface area contributed by atoms with Gasteiger partial charge in [-0.3, -0.25) is 9.78 Å². The molecule has 1 aliphatic rings. The molecule has 0 spiro atoms. The first-order valence-electron chi connectivity index (χ1n) is 5.54. The highest BCUT2D eigenvalue weighted by molar-refractivity contribution is 5.72. The van der Waals surface area contributed by atoms with Gasteiger partial charge in [-0.1, -0.05) is 0 Å². The molecule has 1 heterocycles. The molecule has 2 rings (SSSR count). The van der Waals surface area contributed by atoms with Gasteiger partial charge < -0.3 is 10.4 Å². The molecule has 2 N–H and O–H groups in total. The minimum Gasteiger partial charge on any atom is -0.481 e. The molecule has 0 saturated heterocycles. The van der Waals surface area contributed by atoms with E-state index in [-0.39, 0.29) is 12.0 Å². The minimum absolute atomic E-state index is 0.122. The van der Waals surface area contributed by atoms with Crippen LogP contribution in [0.5, 0.6) is 0 Å². The molecule has 2 unspecified atom stereocenters. The normalized spacial score (nSPS) is 23.8. The first kappa shape index (κ1) is 11.1. The zero-order valence-electron chi connectivity index (χ0n) is 9.31. The first-order valence-corrected chi connectivity index (χ1v) is 5.54. The standard InChI is InChI=1S/C12H16N2O2/c1-8-4-5-13-6-9(8)7-14-11-3-2-10(11)12(15)16/h4-6,10-11,14H,2-3,7H2,1H3,(H,15,16). The smallest absolute Gasteiger partial charge is 0.308 e. The number of carboxylic acids is 1. The molecule has 1 aliphatic carbocycles. The van der Waals surface area contributed by atoms with Crippen LogP contribution < -0.4 is 5.32 Å². The highest BCUT2D eigenvalue weighted by Crippen LogP contribution is 2.27. The van der Waals surface area contributed by atoms with Gasteiger partial charge in [0.15, 0.2) is 0 Å². The second-order valence-electron chi connectivity index (χ2n) is 4.31. The van der Waals surface area contributed by atoms with Crippen LogP contribution >= 0.6 is 0 Å². The van der Waals surface area contributed by atoms with Crippen molar-refractivity contribution >= 4 is 5.97 Å². The van der Waals surface area contributed by atoms with Gasteiger partial charge in [0.25, 0.3) is 0 Å². The molecule has 0 amide bonds. The molecule has 0 bridgehead atoms. The quantitative estimate of drug-likeness (QED) is 0.804. The fraction of sp³-hybridized carbons (Fsp3) is 0.500. The van der Waals surface area contributed by atoms with E-state index in [1.54, 1.807) is 6.20 Å². The largest absolute Gasteiger partial charge is 0.481 e. The van der Waals surface area contributed by atoms with Crippen LogP contribution in [-0.2, 0) is 11.3 Å². The third-order valence-electron chi connectivity index (χ3n) is 3.29. The highest BCUT2D eigenvalue weighted by atomic mass is 16.4. The average Bonchev–Trinajstić information content (AvgIpc) is 2.18. The van der Waals surface area contributed by atoms with E-state index >= 15 is 0 Å². The van der Waals surface area contributed by atoms with Crippen molar-refractivity contribution in [2.45, 2.75) is 32.4 Å². The summed E-state index contributed by atoms with van der Waals surface area (Å²) < 4.78 is 0. The van der Waals surface area contributed by atoms with E-state index in [0.717, 1.165) is 18.4 Å². The molecule has 1 aromatic rings. The topological polar surface area (TPSA) is 62.2 Å². The van der Waals surface area contributed by atoms with Crippen molar-refractivity contribution < 1.29 is 9.90 Å². The van der Waals surface area contributed by atoms with Crippen molar-refractivity contribution in [2.75, 3.05) is 0 Å². The van der Waals surface area contributed by atoms with Crippen molar-refractivity contribution in [3.8, 4) is 0 Å². The number of hydrogen-bond acceptors (Lipinski definition) is 3. The lowest BCUT2D eigenvalue weighted by Crippen LogP contribution is -2.47. The monoisotopic (exact) mass is 220 g/mol. The summed E-state index contributed by atoms with van der Waals surface area (Å²) in [6.45, 7) is 2.74. The van der Waals surface area contributed by atoms with Crippen LogP contribution in [0.25, 0.3) is 0 Å². The third-order valence-corrected chi connectivity index (χ3v) is 3.29. The van der Waals surface area contributed by atoms with Gasteiger partial charge in [-0.2, -0.15) is 0 Å². The summed E-state index contributed by atoms with van der Waals surface area (Å²) in [5.74, 6) is -0.899. The van der Waals surface area contributed by atoms with Crippen LogP contribution in [0.1, 0.15) is 24.0 Å². The fourth-order valence-electron chi connectivity index (χ4n) is 1.96. The van der Waals surface area contributed by atoms with E-state index in [1.807, 2.05) is 19.2 Å². The Morgan fingerprint density at radius 1 is 1.62 bits per heavy atom. The first-order chi connectivity index (χ1) is 7.68. The highest BCUT2D eigenvalue weighted by Gasteiger charge is 2.35. The zero-order chi connectivity index (χ0) is 11.5. The third kappa shape index (κ3) is 2.22. The van der Waals surface area contributed by atoms with Gasteiger partial charge >= 0.3 is 5.97 Å². The number of pyridine rings is 1. The van der Waals surface area contributed by atoms with Crippen LogP contribution in [-0.4, -0.2) is 22.1 Å². The predicted octanol–water partition coefficient (Wildman–Crippen LogP) is 1.34. The van der Waals surface area contributed by atoms with Gasteiger partial charge in [0, 0.05) is 25.0 Å². The fourth-order valence-corrected chi connectivity index (χ4v) is 1.96. The number of carboxylic acid groups (broad SMARTS) is 1. The van der Waals surface area contributed by atoms with E-state index in [2.05, 4.69) is 10.3 Å². The molecule has 16 heavy (non-hydrogen) atoms. The number of aromatic nitrogens is 1. The number of rotatable bonds is 4. The molecule has 0 aromatic carbocycles. The van der Waals surface area contributed by atoms with Gasteiger partial charge in [-0.05, 0) is 37.0 Å². The number of aliphatic carboxylic acids is 1. The molecule has 0 radical (unpaired) electrons. The second-order valence-corrected chi connectivity index (χ2v) is 4.31. The second kappa shape index (κ2) is 4.61. The van der Waals surface area contributed by atoms with Crippen molar-refractivity contribution in [1.29, 1.82) is 0 Å². The zero-order valence-corrected chi connectivity index (χ0v) is 9.31. The number of carbonyl (C=O) groups is 1. The van der Waals surface area contributed by atoms with Gasteiger partial charge in [0.2, 0.25) is 0 Å². The summed E-state index contributed by atoms with van der Waals surface area (Å²) in [5, 5.41) is 12.2. The molecule has 1 aromatic heterocycles. The van der Waals surface area contributed by atoms with Crippen LogP contribution in [0.4, 0.5) is 0 Å². The van der Waals surface area contributed by atoms with Gasteiger partial charge in [0.1, 0.15) is 0 Å². The number of hydrogen-bond donors (Lipinski definition) is 2. The predicted molar refractivity (Wildman–Crippen MR) is 60.0 cm³/mol. The van der Waals surface area contributed by atoms with E-state index in [9.17, 15) is 4.79 Å². The van der Waals surface area contributed by atoms with Crippen molar-refractivity contribution in [1.82, 2.24) is 10.3 Å². The molecule has 4 heteroatoms. The number of aryl methyl sites for hydroxylation is 1. The summed E-state index contributed by atoms with van der Waals surface area (Å²) >= 11 is 0. The Hall–Kier alpha value is -1.42. The lowest BCUT2D eigenvalue weighted by atomic mass is 9.79. The Morgan fingerprint density at radius 2 is 2.44 bits per heavy atom. The van der Waals surface area contributed by atoms with E-state index < -0.39 is 5.97 Å². The molecular formula is C12H16N2O2. The van der Waals surface area contributed by atoms with Crippen molar-refractivity contribution in [2.24, 2.45) is 5.92 Å². The summed E-state index contributed by atoms with van der Waals surface area (Å²) in [4.78, 5) is 14.9. The average molecular weight is 220 g/mol. The minimum atomic E-state index is -0.688. The molecule has 1 fully saturated rings. The Kier molecular flexibility index (Phi) is 3.19. The van der Waals surface area contributed by atoms with Gasteiger partial charge in [0.05, 0.1) is 5.92 Å².